The van der Waals surface area contributed by atoms with E-state index in [-0.39, 0.29) is 6.04 Å². The zero-order chi connectivity index (χ0) is 21.7. The van der Waals surface area contributed by atoms with Gasteiger partial charge in [-0.2, -0.15) is 0 Å². The molecule has 1 saturated heterocycles. The molecule has 2 amide bonds. The lowest BCUT2D eigenvalue weighted by Crippen LogP contribution is -2.55. The van der Waals surface area contributed by atoms with Crippen molar-refractivity contribution < 1.29 is 19.8 Å². The summed E-state index contributed by atoms with van der Waals surface area (Å²) >= 11 is 3.35. The Morgan fingerprint density at radius 2 is 1.60 bits per heavy atom. The third-order valence-electron chi connectivity index (χ3n) is 5.17. The van der Waals surface area contributed by atoms with Gasteiger partial charge in [-0.3, -0.25) is 14.6 Å². The van der Waals surface area contributed by atoms with Crippen LogP contribution in [-0.2, 0) is 9.59 Å². The number of nitrogens with one attached hydrogen (secondary N) is 1. The Bertz CT molecular complexity index is 857. The van der Waals surface area contributed by atoms with Crippen LogP contribution in [0.1, 0.15) is 18.5 Å². The molecule has 3 N–H and O–H groups in total. The quantitative estimate of drug-likeness (QED) is 0.576. The highest BCUT2D eigenvalue weighted by atomic mass is 79.9. The minimum atomic E-state index is -1.84. The van der Waals surface area contributed by atoms with Crippen LogP contribution in [0.4, 0.5) is 5.69 Å². The molecular formula is C21H25BrN4O4. The smallest absolute Gasteiger partial charge is 0.254 e. The minimum absolute atomic E-state index is 0.383. The monoisotopic (exact) mass is 476 g/mol. The fourth-order valence-corrected chi connectivity index (χ4v) is 3.60. The number of carbonyl (C=O) groups is 2. The van der Waals surface area contributed by atoms with E-state index in [4.69, 9.17) is 0 Å². The van der Waals surface area contributed by atoms with Crippen molar-refractivity contribution in [2.45, 2.75) is 25.2 Å². The van der Waals surface area contributed by atoms with Gasteiger partial charge >= 0.3 is 0 Å². The number of hydrogen-bond donors (Lipinski definition) is 3. The van der Waals surface area contributed by atoms with Crippen LogP contribution in [0.2, 0.25) is 0 Å². The number of benzene rings is 1. The van der Waals surface area contributed by atoms with Crippen LogP contribution in [0, 0.1) is 0 Å². The molecule has 2 heterocycles. The number of hydrogen-bond acceptors (Lipinski definition) is 6. The Labute approximate surface area is 183 Å². The summed E-state index contributed by atoms with van der Waals surface area (Å²) in [4.78, 5) is 32.5. The van der Waals surface area contributed by atoms with Crippen molar-refractivity contribution in [1.29, 1.82) is 0 Å². The van der Waals surface area contributed by atoms with E-state index in [0.29, 0.717) is 26.2 Å². The summed E-state index contributed by atoms with van der Waals surface area (Å²) in [5.41, 5.74) is 1.85. The number of piperazine rings is 1. The van der Waals surface area contributed by atoms with E-state index < -0.39 is 24.0 Å². The number of halogens is 1. The number of aliphatic hydroxyl groups is 2. The molecule has 3 rings (SSSR count). The summed E-state index contributed by atoms with van der Waals surface area (Å²) in [5, 5.41) is 23.1. The van der Waals surface area contributed by atoms with Crippen LogP contribution >= 0.6 is 15.9 Å². The van der Waals surface area contributed by atoms with Crippen molar-refractivity contribution in [3.8, 4) is 0 Å². The molecule has 0 spiro atoms. The Morgan fingerprint density at radius 3 is 2.20 bits per heavy atom. The average molecular weight is 477 g/mol. The van der Waals surface area contributed by atoms with Crippen molar-refractivity contribution in [3.05, 3.63) is 58.8 Å². The van der Waals surface area contributed by atoms with E-state index >= 15 is 0 Å². The molecule has 8 nitrogen and oxygen atoms in total. The van der Waals surface area contributed by atoms with Gasteiger partial charge in [0.1, 0.15) is 0 Å². The second-order valence-corrected chi connectivity index (χ2v) is 8.10. The van der Waals surface area contributed by atoms with Crippen molar-refractivity contribution in [2.75, 3.05) is 31.1 Å². The zero-order valence-electron chi connectivity index (χ0n) is 16.6. The first-order valence-corrected chi connectivity index (χ1v) is 10.5. The van der Waals surface area contributed by atoms with Crippen molar-refractivity contribution in [3.63, 3.8) is 0 Å². The summed E-state index contributed by atoms with van der Waals surface area (Å²) in [7, 11) is 0. The molecule has 1 aromatic heterocycles. The van der Waals surface area contributed by atoms with Gasteiger partial charge in [0.25, 0.3) is 11.8 Å². The Hall–Kier alpha value is -2.49. The highest BCUT2D eigenvalue weighted by Crippen LogP contribution is 2.18. The maximum absolute atomic E-state index is 12.6. The molecular weight excluding hydrogens is 452 g/mol. The second-order valence-electron chi connectivity index (χ2n) is 7.19. The first-order valence-electron chi connectivity index (χ1n) is 9.72. The number of nitrogens with zero attached hydrogens (tertiary/aromatic N) is 3. The van der Waals surface area contributed by atoms with E-state index in [9.17, 15) is 19.8 Å². The van der Waals surface area contributed by atoms with E-state index in [1.165, 1.54) is 4.90 Å². The van der Waals surface area contributed by atoms with Crippen LogP contribution in [0.15, 0.2) is 53.3 Å². The highest BCUT2D eigenvalue weighted by Gasteiger charge is 2.35. The molecule has 3 atom stereocenters. The predicted octanol–water partition coefficient (Wildman–Crippen LogP) is 1.09. The van der Waals surface area contributed by atoms with E-state index in [2.05, 4.69) is 31.1 Å². The van der Waals surface area contributed by atoms with Crippen LogP contribution < -0.4 is 10.2 Å². The van der Waals surface area contributed by atoms with Gasteiger partial charge in [-0.15, -0.1) is 0 Å². The molecule has 2 aromatic rings. The molecule has 1 fully saturated rings. The Kier molecular flexibility index (Phi) is 7.41. The topological polar surface area (TPSA) is 106 Å². The number of rotatable bonds is 6. The molecule has 0 saturated carbocycles. The fourth-order valence-electron chi connectivity index (χ4n) is 3.34. The number of aliphatic hydroxyl groups excluding tert-OH is 2. The van der Waals surface area contributed by atoms with Crippen LogP contribution in [0.25, 0.3) is 0 Å². The highest BCUT2D eigenvalue weighted by molar-refractivity contribution is 9.10. The average Bonchev–Trinajstić information content (AvgIpc) is 2.78. The molecule has 0 aliphatic carbocycles. The van der Waals surface area contributed by atoms with Gasteiger partial charge in [0, 0.05) is 48.7 Å². The number of anilines is 1. The van der Waals surface area contributed by atoms with Gasteiger partial charge in [0.15, 0.2) is 12.2 Å². The van der Waals surface area contributed by atoms with Gasteiger partial charge in [-0.25, -0.2) is 0 Å². The number of carbonyl (C=O) groups excluding carboxylic acids is 2. The molecule has 0 unspecified atom stereocenters. The maximum Gasteiger partial charge on any atom is 0.254 e. The molecule has 1 aromatic carbocycles. The lowest BCUT2D eigenvalue weighted by atomic mass is 10.1. The van der Waals surface area contributed by atoms with Gasteiger partial charge < -0.3 is 25.3 Å². The zero-order valence-corrected chi connectivity index (χ0v) is 18.2. The summed E-state index contributed by atoms with van der Waals surface area (Å²) in [6.45, 7) is 3.72. The number of amides is 2. The van der Waals surface area contributed by atoms with E-state index in [1.54, 1.807) is 19.3 Å². The third-order valence-corrected chi connectivity index (χ3v) is 5.70. The molecule has 1 aliphatic heterocycles. The van der Waals surface area contributed by atoms with Gasteiger partial charge in [-0.1, -0.05) is 28.1 Å². The van der Waals surface area contributed by atoms with Gasteiger partial charge in [0.2, 0.25) is 0 Å². The molecule has 0 radical (unpaired) electrons. The molecule has 30 heavy (non-hydrogen) atoms. The lowest BCUT2D eigenvalue weighted by Gasteiger charge is -2.37. The fraction of sp³-hybridized carbons (Fsp3) is 0.381. The Balaban J connectivity index is 1.52. The van der Waals surface area contributed by atoms with E-state index in [0.717, 1.165) is 15.7 Å². The second kappa shape index (κ2) is 10.0. The van der Waals surface area contributed by atoms with Crippen molar-refractivity contribution >= 4 is 33.4 Å². The van der Waals surface area contributed by atoms with Crippen LogP contribution in [0.3, 0.4) is 0 Å². The predicted molar refractivity (Wildman–Crippen MR) is 116 cm³/mol. The maximum atomic E-state index is 12.6. The lowest BCUT2D eigenvalue weighted by molar-refractivity contribution is -0.153. The third kappa shape index (κ3) is 5.35. The first kappa shape index (κ1) is 22.2. The molecule has 160 valence electrons. The number of aromatic nitrogens is 1. The summed E-state index contributed by atoms with van der Waals surface area (Å²) < 4.78 is 0.912. The molecule has 9 heteroatoms. The van der Waals surface area contributed by atoms with Crippen LogP contribution in [0.5, 0.6) is 0 Å². The largest absolute Gasteiger partial charge is 0.380 e. The van der Waals surface area contributed by atoms with Crippen molar-refractivity contribution in [2.24, 2.45) is 0 Å². The standard InChI is InChI=1S/C21H25BrN4O4/c1-14(15-2-4-16(22)5-3-15)24-20(29)18(27)19(28)21(30)26-12-10-25(11-13-26)17-6-8-23-9-7-17/h2-9,14,18-19,27-28H,10-13H2,1H3,(H,24,29)/t14-,18+,19+/m0/s1. The summed E-state index contributed by atoms with van der Waals surface area (Å²) in [6, 6.07) is 10.8. The Morgan fingerprint density at radius 1 is 1.00 bits per heavy atom. The molecule has 0 bridgehead atoms. The van der Waals surface area contributed by atoms with Crippen molar-refractivity contribution in [1.82, 2.24) is 15.2 Å². The first-order chi connectivity index (χ1) is 14.4. The van der Waals surface area contributed by atoms with E-state index in [1.807, 2.05) is 36.4 Å². The number of pyridine rings is 1. The minimum Gasteiger partial charge on any atom is -0.380 e. The summed E-state index contributed by atoms with van der Waals surface area (Å²) in [5.74, 6) is -1.44. The SMILES string of the molecule is C[C@H](NC(=O)[C@H](O)[C@@H](O)C(=O)N1CCN(c2ccncc2)CC1)c1ccc(Br)cc1. The van der Waals surface area contributed by atoms with Gasteiger partial charge in [0.05, 0.1) is 6.04 Å². The van der Waals surface area contributed by atoms with Crippen LogP contribution in [-0.4, -0.2) is 70.3 Å². The molecule has 1 aliphatic rings. The van der Waals surface area contributed by atoms with Gasteiger partial charge in [-0.05, 0) is 36.8 Å². The normalized spacial score (nSPS) is 17.2. The summed E-state index contributed by atoms with van der Waals surface area (Å²) in [6.07, 6.45) is -0.231.